The predicted octanol–water partition coefficient (Wildman–Crippen LogP) is 8.63. The quantitative estimate of drug-likeness (QED) is 0.0562. The van der Waals surface area contributed by atoms with E-state index in [1.165, 1.54) is 0 Å². The maximum Gasteiger partial charge on any atom is 0.0355 e. The molecule has 0 saturated carbocycles. The Labute approximate surface area is 285 Å². The van der Waals surface area contributed by atoms with Crippen molar-refractivity contribution in [3.05, 3.63) is 109 Å². The van der Waals surface area contributed by atoms with Crippen LogP contribution < -0.4 is 26.0 Å². The van der Waals surface area contributed by atoms with Gasteiger partial charge in [-0.05, 0) is 20.8 Å². The normalized spacial score (nSPS) is 12.8. The standard InChI is InChI=1S/C38H50BrO5PSi/c1-4-42-46(43-5-2,44-6-3)31-21-10-8-7-9-20-30-41-37-29-28-33(40)32-38(37)45(39,34-22-14-11-15-23-34,35-24-16-12-17-25-35)36-26-18-13-19-27-36/h11-19,22-29,32,40H,4-10,20-21,30-31H2,1-3H3. The SMILES string of the molecule is CCO[Si](CCCCCCCCOc1ccc(O)cc1P(Br)(c1ccccc1)(c1ccccc1)c1ccccc1)(OCC)OCC. The summed E-state index contributed by atoms with van der Waals surface area (Å²) in [5.41, 5.74) is 0. The minimum Gasteiger partial charge on any atom is -0.374 e. The Balaban J connectivity index is 1.50. The van der Waals surface area contributed by atoms with Crippen molar-refractivity contribution in [1.29, 1.82) is 0 Å². The Morgan fingerprint density at radius 3 is 1.48 bits per heavy atom. The van der Waals surface area contributed by atoms with Crippen molar-refractivity contribution in [3.63, 3.8) is 0 Å². The van der Waals surface area contributed by atoms with Crippen LogP contribution in [0.25, 0.3) is 0 Å². The first kappa shape index (κ1) is 36.3. The van der Waals surface area contributed by atoms with Crippen LogP contribution in [0.5, 0.6) is 11.5 Å². The molecule has 0 fully saturated rings. The molecule has 248 valence electrons. The molecule has 4 aromatic rings. The van der Waals surface area contributed by atoms with Gasteiger partial charge in [-0.3, -0.25) is 0 Å². The number of halogens is 1. The van der Waals surface area contributed by atoms with E-state index in [9.17, 15) is 5.11 Å². The molecule has 5 nitrogen and oxygen atoms in total. The van der Waals surface area contributed by atoms with E-state index in [4.69, 9.17) is 18.0 Å². The molecule has 8 heteroatoms. The van der Waals surface area contributed by atoms with Crippen molar-refractivity contribution in [2.24, 2.45) is 0 Å². The summed E-state index contributed by atoms with van der Waals surface area (Å²) in [5.74, 6) is 0.997. The van der Waals surface area contributed by atoms with Gasteiger partial charge >= 0.3 is 233 Å². The summed E-state index contributed by atoms with van der Waals surface area (Å²) in [6, 6.07) is 38.2. The number of hydrogen-bond donors (Lipinski definition) is 1. The maximum absolute atomic E-state index is 10.9. The molecule has 0 unspecified atom stereocenters. The van der Waals surface area contributed by atoms with Crippen molar-refractivity contribution in [2.45, 2.75) is 65.3 Å². The van der Waals surface area contributed by atoms with Crippen LogP contribution in [-0.4, -0.2) is 40.3 Å². The third kappa shape index (κ3) is 8.12. The largest absolute Gasteiger partial charge is 0.374 e. The van der Waals surface area contributed by atoms with Crippen molar-refractivity contribution < 1.29 is 23.1 Å². The molecule has 46 heavy (non-hydrogen) atoms. The molecular formula is C38H50BrO5PSi. The van der Waals surface area contributed by atoms with Gasteiger partial charge in [-0.1, -0.05) is 0 Å². The molecule has 0 atom stereocenters. The van der Waals surface area contributed by atoms with Crippen LogP contribution in [0.15, 0.2) is 109 Å². The Hall–Kier alpha value is -2.51. The number of benzene rings is 4. The van der Waals surface area contributed by atoms with E-state index in [0.29, 0.717) is 26.4 Å². The van der Waals surface area contributed by atoms with Crippen LogP contribution in [-0.2, 0) is 13.3 Å². The van der Waals surface area contributed by atoms with Gasteiger partial charge in [-0.2, -0.15) is 0 Å². The second kappa shape index (κ2) is 17.6. The fourth-order valence-electron chi connectivity index (χ4n) is 6.28. The average Bonchev–Trinajstić information content (AvgIpc) is 3.09. The van der Waals surface area contributed by atoms with Crippen molar-refractivity contribution in [1.82, 2.24) is 0 Å². The Kier molecular flexibility index (Phi) is 13.9. The van der Waals surface area contributed by atoms with Crippen LogP contribution in [0.1, 0.15) is 59.3 Å². The number of rotatable bonds is 20. The van der Waals surface area contributed by atoms with Crippen LogP contribution in [0, 0.1) is 0 Å². The van der Waals surface area contributed by atoms with E-state index in [1.54, 1.807) is 6.07 Å². The van der Waals surface area contributed by atoms with Gasteiger partial charge in [0.1, 0.15) is 0 Å². The van der Waals surface area contributed by atoms with Gasteiger partial charge in [0, 0.05) is 19.8 Å². The number of hydrogen-bond acceptors (Lipinski definition) is 5. The number of unbranched alkanes of at least 4 members (excludes halogenated alkanes) is 5. The average molecular weight is 726 g/mol. The van der Waals surface area contributed by atoms with Crippen LogP contribution in [0.3, 0.4) is 0 Å². The van der Waals surface area contributed by atoms with Crippen LogP contribution in [0.4, 0.5) is 0 Å². The zero-order valence-corrected chi connectivity index (χ0v) is 31.1. The maximum atomic E-state index is 10.9. The zero-order chi connectivity index (χ0) is 32.7. The fourth-order valence-corrected chi connectivity index (χ4v) is 16.8. The van der Waals surface area contributed by atoms with Gasteiger partial charge in [0.15, 0.2) is 0 Å². The molecule has 0 saturated heterocycles. The number of aromatic hydroxyl groups is 1. The Morgan fingerprint density at radius 2 is 1.02 bits per heavy atom. The van der Waals surface area contributed by atoms with Crippen molar-refractivity contribution >= 4 is 50.8 Å². The molecule has 0 heterocycles. The van der Waals surface area contributed by atoms with Crippen molar-refractivity contribution in [3.8, 4) is 11.5 Å². The Bertz CT molecular complexity index is 1340. The first-order valence-electron chi connectivity index (χ1n) is 16.7. The number of ether oxygens (including phenoxy) is 1. The summed E-state index contributed by atoms with van der Waals surface area (Å²) in [7, 11) is -2.56. The monoisotopic (exact) mass is 724 g/mol. The minimum absolute atomic E-state index is 0.212. The first-order chi connectivity index (χ1) is 22.4. The van der Waals surface area contributed by atoms with Gasteiger partial charge in [0.25, 0.3) is 0 Å². The molecule has 0 aromatic heterocycles. The number of phenolic OH excluding ortho intramolecular Hbond substituents is 1. The predicted molar refractivity (Wildman–Crippen MR) is 200 cm³/mol. The van der Waals surface area contributed by atoms with E-state index in [-0.39, 0.29) is 5.75 Å². The third-order valence-electron chi connectivity index (χ3n) is 8.35. The molecule has 0 aliphatic heterocycles. The molecule has 1 N–H and O–H groups in total. The van der Waals surface area contributed by atoms with E-state index in [1.807, 2.05) is 51.1 Å². The molecular weight excluding hydrogens is 675 g/mol. The summed E-state index contributed by atoms with van der Waals surface area (Å²) in [5, 5.41) is 11.8. The second-order valence-electron chi connectivity index (χ2n) is 11.4. The summed E-state index contributed by atoms with van der Waals surface area (Å²) in [4.78, 5) is 0. The molecule has 0 radical (unpaired) electrons. The van der Waals surface area contributed by atoms with E-state index < -0.39 is 14.1 Å². The molecule has 0 aliphatic rings. The summed E-state index contributed by atoms with van der Waals surface area (Å²) >= 11 is 4.53. The van der Waals surface area contributed by atoms with Crippen molar-refractivity contribution in [2.75, 3.05) is 26.4 Å². The molecule has 0 bridgehead atoms. The molecule has 0 spiro atoms. The van der Waals surface area contributed by atoms with Gasteiger partial charge in [-0.25, -0.2) is 0 Å². The smallest absolute Gasteiger partial charge is 0.0355 e. The number of phenols is 1. The van der Waals surface area contributed by atoms with Crippen LogP contribution in [0.2, 0.25) is 6.04 Å². The summed E-state index contributed by atoms with van der Waals surface area (Å²) in [6.07, 6.45) is 6.54. The third-order valence-corrected chi connectivity index (χ3v) is 21.4. The van der Waals surface area contributed by atoms with E-state index >= 15 is 0 Å². The zero-order valence-electron chi connectivity index (χ0n) is 27.6. The molecule has 4 aromatic carbocycles. The molecule has 4 rings (SSSR count). The van der Waals surface area contributed by atoms with Gasteiger partial charge in [0.2, 0.25) is 0 Å². The van der Waals surface area contributed by atoms with Gasteiger partial charge in [0.05, 0.1) is 0 Å². The van der Waals surface area contributed by atoms with Crippen LogP contribution >= 0.6 is 20.8 Å². The molecule has 0 aliphatic carbocycles. The van der Waals surface area contributed by atoms with Gasteiger partial charge in [-0.15, -0.1) is 0 Å². The topological polar surface area (TPSA) is 57.2 Å². The van der Waals surface area contributed by atoms with E-state index in [0.717, 1.165) is 71.5 Å². The van der Waals surface area contributed by atoms with E-state index in [2.05, 4.69) is 88.3 Å². The minimum atomic E-state index is -3.53. The fraction of sp³-hybridized carbons (Fsp3) is 0.368. The Morgan fingerprint density at radius 1 is 0.587 bits per heavy atom. The molecule has 0 amide bonds. The van der Waals surface area contributed by atoms with Gasteiger partial charge < -0.3 is 13.3 Å². The summed E-state index contributed by atoms with van der Waals surface area (Å²) < 4.78 is 24.6. The summed E-state index contributed by atoms with van der Waals surface area (Å²) in [6.45, 7) is 8.49. The first-order valence-corrected chi connectivity index (χ1v) is 22.9. The second-order valence-corrected chi connectivity index (χ2v) is 22.4.